The first-order valence-corrected chi connectivity index (χ1v) is 4.91. The maximum Gasteiger partial charge on any atom is 0.182 e. The van der Waals surface area contributed by atoms with E-state index in [-0.39, 0.29) is 0 Å². The lowest BCUT2D eigenvalue weighted by Gasteiger charge is -1.97. The van der Waals surface area contributed by atoms with Crippen LogP contribution in [-0.2, 0) is 0 Å². The molecule has 2 aromatic carbocycles. The monoisotopic (exact) mass is 210 g/mol. The predicted octanol–water partition coefficient (Wildman–Crippen LogP) is 3.12. The van der Waals surface area contributed by atoms with Crippen molar-refractivity contribution in [2.24, 2.45) is 0 Å². The van der Waals surface area contributed by atoms with Gasteiger partial charge in [-0.25, -0.2) is 9.97 Å². The van der Waals surface area contributed by atoms with Crippen molar-refractivity contribution in [3.8, 4) is 0 Å². The molecule has 0 amide bonds. The van der Waals surface area contributed by atoms with Crippen LogP contribution < -0.4 is 0 Å². The Balaban J connectivity index is 2.38. The fourth-order valence-corrected chi connectivity index (χ4v) is 2.06. The third kappa shape index (κ3) is 0.839. The molecule has 0 aliphatic carbocycles. The standard InChI is InChI=1S/C12H6N2O2/c1-3-9-12(14-6-15-9)8-2-4-10-11(7(1)8)13-5-16-10/h1-6H. The molecule has 2 heterocycles. The minimum atomic E-state index is 0.787. The van der Waals surface area contributed by atoms with Gasteiger partial charge in [-0.1, -0.05) is 0 Å². The molecule has 0 saturated heterocycles. The first kappa shape index (κ1) is 7.87. The average Bonchev–Trinajstić information content (AvgIpc) is 2.96. The molecule has 0 fully saturated rings. The van der Waals surface area contributed by atoms with Gasteiger partial charge in [0.25, 0.3) is 0 Å². The minimum Gasteiger partial charge on any atom is -0.443 e. The fourth-order valence-electron chi connectivity index (χ4n) is 2.06. The largest absolute Gasteiger partial charge is 0.443 e. The summed E-state index contributed by atoms with van der Waals surface area (Å²) in [7, 11) is 0. The van der Waals surface area contributed by atoms with Crippen molar-refractivity contribution in [3.05, 3.63) is 37.1 Å². The first-order valence-electron chi connectivity index (χ1n) is 4.91. The van der Waals surface area contributed by atoms with Crippen LogP contribution in [-0.4, -0.2) is 9.97 Å². The van der Waals surface area contributed by atoms with Crippen LogP contribution in [0.25, 0.3) is 33.0 Å². The molecule has 0 N–H and O–H groups in total. The normalized spacial score (nSPS) is 11.8. The van der Waals surface area contributed by atoms with Crippen LogP contribution in [0, 0.1) is 0 Å². The van der Waals surface area contributed by atoms with Crippen LogP contribution in [0.15, 0.2) is 45.9 Å². The first-order chi connectivity index (χ1) is 7.93. The number of benzene rings is 2. The highest BCUT2D eigenvalue weighted by Crippen LogP contribution is 2.29. The number of hydrogen-bond donors (Lipinski definition) is 0. The van der Waals surface area contributed by atoms with E-state index in [0.29, 0.717) is 0 Å². The lowest BCUT2D eigenvalue weighted by molar-refractivity contribution is 0.602. The molecule has 0 aliphatic heterocycles. The molecular weight excluding hydrogens is 204 g/mol. The van der Waals surface area contributed by atoms with E-state index in [9.17, 15) is 0 Å². The van der Waals surface area contributed by atoms with E-state index in [1.165, 1.54) is 12.8 Å². The van der Waals surface area contributed by atoms with Gasteiger partial charge in [0.1, 0.15) is 11.0 Å². The Morgan fingerprint density at radius 3 is 1.69 bits per heavy atom. The van der Waals surface area contributed by atoms with Crippen molar-refractivity contribution in [2.75, 3.05) is 0 Å². The van der Waals surface area contributed by atoms with E-state index in [0.717, 1.165) is 33.0 Å². The Labute approximate surface area is 89.5 Å². The fraction of sp³-hybridized carbons (Fsp3) is 0. The molecule has 76 valence electrons. The van der Waals surface area contributed by atoms with Crippen LogP contribution in [0.4, 0.5) is 0 Å². The lowest BCUT2D eigenvalue weighted by Crippen LogP contribution is -1.77. The summed E-state index contributed by atoms with van der Waals surface area (Å²) in [4.78, 5) is 8.43. The number of oxazole rings is 2. The van der Waals surface area contributed by atoms with Gasteiger partial charge in [-0.3, -0.25) is 0 Å². The lowest BCUT2D eigenvalue weighted by atomic mass is 10.1. The van der Waals surface area contributed by atoms with Crippen LogP contribution in [0.1, 0.15) is 0 Å². The van der Waals surface area contributed by atoms with E-state index >= 15 is 0 Å². The highest BCUT2D eigenvalue weighted by Gasteiger charge is 2.09. The van der Waals surface area contributed by atoms with Crippen molar-refractivity contribution in [1.29, 1.82) is 0 Å². The van der Waals surface area contributed by atoms with Gasteiger partial charge < -0.3 is 8.83 Å². The van der Waals surface area contributed by atoms with Crippen LogP contribution >= 0.6 is 0 Å². The summed E-state index contributed by atoms with van der Waals surface area (Å²) in [5.74, 6) is 0. The molecule has 4 heteroatoms. The third-order valence-corrected chi connectivity index (χ3v) is 2.79. The highest BCUT2D eigenvalue weighted by molar-refractivity contribution is 6.12. The molecule has 0 saturated carbocycles. The molecule has 4 rings (SSSR count). The van der Waals surface area contributed by atoms with Crippen LogP contribution in [0.2, 0.25) is 0 Å². The number of fused-ring (bicyclic) bond motifs is 5. The van der Waals surface area contributed by atoms with Gasteiger partial charge in [-0.2, -0.15) is 0 Å². The number of aromatic nitrogens is 2. The maximum absolute atomic E-state index is 5.26. The molecule has 4 aromatic rings. The summed E-state index contributed by atoms with van der Waals surface area (Å²) in [6.45, 7) is 0. The molecule has 4 nitrogen and oxygen atoms in total. The van der Waals surface area contributed by atoms with Gasteiger partial charge in [0.15, 0.2) is 24.0 Å². The summed E-state index contributed by atoms with van der Waals surface area (Å²) >= 11 is 0. The minimum absolute atomic E-state index is 0.787. The predicted molar refractivity (Wildman–Crippen MR) is 59.1 cm³/mol. The van der Waals surface area contributed by atoms with E-state index in [2.05, 4.69) is 9.97 Å². The summed E-state index contributed by atoms with van der Waals surface area (Å²) in [5.41, 5.74) is 3.30. The maximum atomic E-state index is 5.26. The zero-order chi connectivity index (χ0) is 10.5. The molecule has 0 radical (unpaired) electrons. The Hall–Kier alpha value is -2.36. The summed E-state index contributed by atoms with van der Waals surface area (Å²) in [6.07, 6.45) is 2.91. The van der Waals surface area contributed by atoms with Crippen LogP contribution in [0.3, 0.4) is 0 Å². The number of nitrogens with zero attached hydrogens (tertiary/aromatic N) is 2. The second-order valence-electron chi connectivity index (χ2n) is 3.62. The van der Waals surface area contributed by atoms with Gasteiger partial charge in [0.2, 0.25) is 0 Å². The molecule has 0 aliphatic rings. The Kier molecular flexibility index (Phi) is 1.28. The van der Waals surface area contributed by atoms with Crippen molar-refractivity contribution < 1.29 is 8.83 Å². The summed E-state index contributed by atoms with van der Waals surface area (Å²) < 4.78 is 10.5. The van der Waals surface area contributed by atoms with Gasteiger partial charge in [-0.15, -0.1) is 0 Å². The molecule has 16 heavy (non-hydrogen) atoms. The van der Waals surface area contributed by atoms with Gasteiger partial charge in [-0.05, 0) is 24.3 Å². The number of hydrogen-bond acceptors (Lipinski definition) is 4. The summed E-state index contributed by atoms with van der Waals surface area (Å²) in [6, 6.07) is 7.76. The van der Waals surface area contributed by atoms with E-state index in [1.807, 2.05) is 24.3 Å². The molecule has 0 unspecified atom stereocenters. The van der Waals surface area contributed by atoms with Crippen LogP contribution in [0.5, 0.6) is 0 Å². The second-order valence-corrected chi connectivity index (χ2v) is 3.62. The van der Waals surface area contributed by atoms with Gasteiger partial charge in [0, 0.05) is 10.8 Å². The number of rotatable bonds is 0. The van der Waals surface area contributed by atoms with Gasteiger partial charge in [0.05, 0.1) is 0 Å². The van der Waals surface area contributed by atoms with Crippen molar-refractivity contribution in [3.63, 3.8) is 0 Å². The topological polar surface area (TPSA) is 52.1 Å². The second kappa shape index (κ2) is 2.61. The zero-order valence-corrected chi connectivity index (χ0v) is 8.18. The Morgan fingerprint density at radius 1 is 0.688 bits per heavy atom. The molecular formula is C12H6N2O2. The van der Waals surface area contributed by atoms with Crippen molar-refractivity contribution in [1.82, 2.24) is 9.97 Å². The Morgan fingerprint density at radius 2 is 1.19 bits per heavy atom. The zero-order valence-electron chi connectivity index (χ0n) is 8.18. The average molecular weight is 210 g/mol. The third-order valence-electron chi connectivity index (χ3n) is 2.79. The smallest absolute Gasteiger partial charge is 0.182 e. The Bertz CT molecular complexity index is 744. The molecule has 0 atom stereocenters. The molecule has 0 bridgehead atoms. The van der Waals surface area contributed by atoms with E-state index in [4.69, 9.17) is 8.83 Å². The molecule has 2 aromatic heterocycles. The van der Waals surface area contributed by atoms with E-state index in [1.54, 1.807) is 0 Å². The molecule has 0 spiro atoms. The van der Waals surface area contributed by atoms with Gasteiger partial charge >= 0.3 is 0 Å². The van der Waals surface area contributed by atoms with Crippen molar-refractivity contribution in [2.45, 2.75) is 0 Å². The summed E-state index contributed by atoms with van der Waals surface area (Å²) in [5, 5.41) is 2.07. The van der Waals surface area contributed by atoms with E-state index < -0.39 is 0 Å². The SMILES string of the molecule is c1nc2c(ccc3c2ccc2ocnc23)o1. The van der Waals surface area contributed by atoms with Crippen molar-refractivity contribution >= 4 is 33.0 Å². The quantitative estimate of drug-likeness (QED) is 0.447. The highest BCUT2D eigenvalue weighted by atomic mass is 16.3.